The lowest BCUT2D eigenvalue weighted by molar-refractivity contribution is 1.21. The van der Waals surface area contributed by atoms with E-state index in [9.17, 15) is 0 Å². The first-order chi connectivity index (χ1) is 8.70. The van der Waals surface area contributed by atoms with Crippen molar-refractivity contribution in [3.05, 3.63) is 59.2 Å². The van der Waals surface area contributed by atoms with Gasteiger partial charge in [-0.15, -0.1) is 0 Å². The zero-order valence-corrected chi connectivity index (χ0v) is 11.1. The van der Waals surface area contributed by atoms with Crippen LogP contribution in [0, 0.1) is 0 Å². The monoisotopic (exact) mass is 238 g/mol. The van der Waals surface area contributed by atoms with Crippen molar-refractivity contribution in [2.45, 2.75) is 20.3 Å². The fourth-order valence-electron chi connectivity index (χ4n) is 1.97. The molecule has 0 saturated heterocycles. The summed E-state index contributed by atoms with van der Waals surface area (Å²) in [5.74, 6) is 0.790. The predicted molar refractivity (Wildman–Crippen MR) is 78.5 cm³/mol. The number of amidine groups is 1. The Labute approximate surface area is 108 Å². The highest BCUT2D eigenvalue weighted by atomic mass is 14.9. The Morgan fingerprint density at radius 2 is 1.83 bits per heavy atom. The smallest absolute Gasteiger partial charge is 0.154 e. The van der Waals surface area contributed by atoms with Crippen LogP contribution in [0.25, 0.3) is 0 Å². The van der Waals surface area contributed by atoms with Gasteiger partial charge in [-0.3, -0.25) is 4.99 Å². The summed E-state index contributed by atoms with van der Waals surface area (Å²) < 4.78 is 0. The summed E-state index contributed by atoms with van der Waals surface area (Å²) in [6.07, 6.45) is 5.30. The fourth-order valence-corrected chi connectivity index (χ4v) is 1.97. The van der Waals surface area contributed by atoms with Gasteiger partial charge in [0.2, 0.25) is 0 Å². The summed E-state index contributed by atoms with van der Waals surface area (Å²) in [6, 6.07) is 10.1. The molecule has 0 heterocycles. The predicted octanol–water partition coefficient (Wildman–Crippen LogP) is 3.80. The number of hydrogen-bond acceptors (Lipinski definition) is 1. The Bertz CT molecular complexity index is 546. The molecule has 2 rings (SSSR count). The average molecular weight is 238 g/mol. The summed E-state index contributed by atoms with van der Waals surface area (Å²) in [7, 11) is 1.78. The number of allylic oxidation sites excluding steroid dienone is 4. The largest absolute Gasteiger partial charge is 0.270 e. The van der Waals surface area contributed by atoms with Crippen LogP contribution in [0.1, 0.15) is 25.8 Å². The normalized spacial score (nSPS) is 16.6. The van der Waals surface area contributed by atoms with Crippen LogP contribution in [-0.2, 0) is 0 Å². The molecule has 1 aliphatic rings. The molecule has 1 aromatic carbocycles. The first kappa shape index (κ1) is 12.5. The number of rotatable bonds is 2. The van der Waals surface area contributed by atoms with Crippen LogP contribution in [-0.4, -0.2) is 18.6 Å². The molecule has 0 unspecified atom stereocenters. The fraction of sp³-hybridized carbons (Fsp3) is 0.250. The molecule has 0 spiro atoms. The van der Waals surface area contributed by atoms with E-state index in [4.69, 9.17) is 0 Å². The van der Waals surface area contributed by atoms with Crippen molar-refractivity contribution < 1.29 is 0 Å². The third-order valence-electron chi connectivity index (χ3n) is 3.02. The van der Waals surface area contributed by atoms with Gasteiger partial charge in [-0.1, -0.05) is 48.1 Å². The van der Waals surface area contributed by atoms with E-state index >= 15 is 0 Å². The second-order valence-electron chi connectivity index (χ2n) is 4.49. The van der Waals surface area contributed by atoms with Gasteiger partial charge in [0.15, 0.2) is 5.84 Å². The molecule has 0 bridgehead atoms. The van der Waals surface area contributed by atoms with E-state index in [1.54, 1.807) is 7.05 Å². The Morgan fingerprint density at radius 1 is 1.11 bits per heavy atom. The molecule has 0 atom stereocenters. The highest BCUT2D eigenvalue weighted by molar-refractivity contribution is 6.11. The summed E-state index contributed by atoms with van der Waals surface area (Å²) in [4.78, 5) is 8.92. The summed E-state index contributed by atoms with van der Waals surface area (Å²) in [5.41, 5.74) is 4.77. The van der Waals surface area contributed by atoms with Gasteiger partial charge in [-0.2, -0.15) is 0 Å². The van der Waals surface area contributed by atoms with Gasteiger partial charge in [0.05, 0.1) is 0 Å². The molecule has 1 aliphatic carbocycles. The zero-order chi connectivity index (χ0) is 13.0. The van der Waals surface area contributed by atoms with Crippen LogP contribution in [0.4, 0.5) is 0 Å². The molecule has 2 heteroatoms. The topological polar surface area (TPSA) is 24.7 Å². The molecule has 0 fully saturated rings. The van der Waals surface area contributed by atoms with Crippen molar-refractivity contribution in [3.8, 4) is 0 Å². The molecular formula is C16H18N2. The van der Waals surface area contributed by atoms with E-state index < -0.39 is 0 Å². The van der Waals surface area contributed by atoms with Crippen molar-refractivity contribution in [3.63, 3.8) is 0 Å². The minimum atomic E-state index is 0.790. The first-order valence-corrected chi connectivity index (χ1v) is 6.15. The van der Waals surface area contributed by atoms with Crippen molar-refractivity contribution in [1.82, 2.24) is 0 Å². The van der Waals surface area contributed by atoms with E-state index in [2.05, 4.69) is 29.1 Å². The lowest BCUT2D eigenvalue weighted by atomic mass is 10.1. The van der Waals surface area contributed by atoms with Gasteiger partial charge in [0.25, 0.3) is 0 Å². The van der Waals surface area contributed by atoms with Gasteiger partial charge in [0.1, 0.15) is 0 Å². The molecule has 0 saturated carbocycles. The van der Waals surface area contributed by atoms with Crippen molar-refractivity contribution in [1.29, 1.82) is 0 Å². The van der Waals surface area contributed by atoms with Gasteiger partial charge in [-0.05, 0) is 25.8 Å². The van der Waals surface area contributed by atoms with Crippen LogP contribution in [0.15, 0.2) is 63.6 Å². The minimum absolute atomic E-state index is 0.790. The van der Waals surface area contributed by atoms with Crippen molar-refractivity contribution in [2.24, 2.45) is 9.98 Å². The average Bonchev–Trinajstić information content (AvgIpc) is 2.83. The van der Waals surface area contributed by atoms with E-state index in [0.717, 1.165) is 23.5 Å². The molecule has 18 heavy (non-hydrogen) atoms. The van der Waals surface area contributed by atoms with Crippen molar-refractivity contribution in [2.75, 3.05) is 7.05 Å². The van der Waals surface area contributed by atoms with E-state index in [1.807, 2.05) is 37.3 Å². The Morgan fingerprint density at radius 3 is 2.39 bits per heavy atom. The van der Waals surface area contributed by atoms with E-state index in [-0.39, 0.29) is 0 Å². The van der Waals surface area contributed by atoms with Crippen LogP contribution in [0.2, 0.25) is 0 Å². The molecule has 0 amide bonds. The van der Waals surface area contributed by atoms with Gasteiger partial charge in [-0.25, -0.2) is 4.99 Å². The van der Waals surface area contributed by atoms with Gasteiger partial charge < -0.3 is 0 Å². The van der Waals surface area contributed by atoms with E-state index in [0.29, 0.717) is 0 Å². The van der Waals surface area contributed by atoms with Crippen LogP contribution < -0.4 is 0 Å². The standard InChI is InChI=1S/C16H18N2/c1-12-9-10-15(11-12)13(2)18-16(17-3)14-7-5-4-6-8-14/h4-10H,11H2,1-3H3/b17-16-,18-13+. The third-order valence-corrected chi connectivity index (χ3v) is 3.02. The first-order valence-electron chi connectivity index (χ1n) is 6.15. The second-order valence-corrected chi connectivity index (χ2v) is 4.49. The van der Waals surface area contributed by atoms with Gasteiger partial charge >= 0.3 is 0 Å². The maximum absolute atomic E-state index is 4.65. The highest BCUT2D eigenvalue weighted by Gasteiger charge is 2.09. The van der Waals surface area contributed by atoms with Crippen LogP contribution in [0.5, 0.6) is 0 Å². The lowest BCUT2D eigenvalue weighted by Crippen LogP contribution is -2.04. The number of benzene rings is 1. The molecule has 0 aromatic heterocycles. The Hall–Kier alpha value is -1.96. The molecule has 0 N–H and O–H groups in total. The Balaban J connectivity index is 2.22. The zero-order valence-electron chi connectivity index (χ0n) is 11.1. The van der Waals surface area contributed by atoms with Crippen LogP contribution >= 0.6 is 0 Å². The third kappa shape index (κ3) is 2.83. The van der Waals surface area contributed by atoms with Crippen molar-refractivity contribution >= 4 is 11.5 Å². The summed E-state index contributed by atoms with van der Waals surface area (Å²) in [6.45, 7) is 4.19. The lowest BCUT2D eigenvalue weighted by Gasteiger charge is -2.05. The maximum Gasteiger partial charge on any atom is 0.154 e. The molecular weight excluding hydrogens is 220 g/mol. The second kappa shape index (κ2) is 5.58. The number of hydrogen-bond donors (Lipinski definition) is 0. The minimum Gasteiger partial charge on any atom is -0.270 e. The van der Waals surface area contributed by atoms with Crippen LogP contribution in [0.3, 0.4) is 0 Å². The molecule has 0 radical (unpaired) electrons. The van der Waals surface area contributed by atoms with E-state index in [1.165, 1.54) is 11.1 Å². The maximum atomic E-state index is 4.65. The quantitative estimate of drug-likeness (QED) is 0.553. The molecule has 1 aromatic rings. The SMILES string of the molecule is C/N=C(\N=C(/C)C1=CC=C(C)C1)c1ccccc1. The summed E-state index contributed by atoms with van der Waals surface area (Å²) in [5, 5.41) is 0. The molecule has 2 nitrogen and oxygen atoms in total. The number of aliphatic imine (C=N–C) groups is 2. The number of nitrogens with zero attached hydrogens (tertiary/aromatic N) is 2. The molecule has 0 aliphatic heterocycles. The summed E-state index contributed by atoms with van der Waals surface area (Å²) >= 11 is 0. The highest BCUT2D eigenvalue weighted by Crippen LogP contribution is 2.19. The Kier molecular flexibility index (Phi) is 3.88. The van der Waals surface area contributed by atoms with Gasteiger partial charge in [0, 0.05) is 18.3 Å². The molecule has 92 valence electrons.